The number of nitrogens with zero attached hydrogens (tertiary/aromatic N) is 2. The molecule has 0 aromatic carbocycles. The number of thioether (sulfide) groups is 1. The number of hydrogen-bond acceptors (Lipinski definition) is 5. The molecule has 1 aromatic rings. The molecule has 0 atom stereocenters. The summed E-state index contributed by atoms with van der Waals surface area (Å²) >= 11 is 1.42. The van der Waals surface area contributed by atoms with Crippen molar-refractivity contribution < 1.29 is 9.90 Å². The predicted molar refractivity (Wildman–Crippen MR) is 61.8 cm³/mol. The zero-order valence-corrected chi connectivity index (χ0v) is 9.75. The SMILES string of the molecule is CSc1nc(CC(=O)O)cc(NC2CC2)n1. The molecular formula is C10H13N3O2S. The Morgan fingerprint density at radius 1 is 1.62 bits per heavy atom. The molecule has 0 bridgehead atoms. The number of carboxylic acids is 1. The third-order valence-electron chi connectivity index (χ3n) is 2.20. The van der Waals surface area contributed by atoms with Gasteiger partial charge in [0, 0.05) is 12.1 Å². The number of nitrogens with one attached hydrogen (secondary N) is 1. The van der Waals surface area contributed by atoms with Gasteiger partial charge in [0.05, 0.1) is 12.1 Å². The fourth-order valence-corrected chi connectivity index (χ4v) is 1.72. The molecule has 1 aromatic heterocycles. The van der Waals surface area contributed by atoms with Crippen LogP contribution in [0.4, 0.5) is 5.82 Å². The molecule has 0 amide bonds. The monoisotopic (exact) mass is 239 g/mol. The molecule has 6 heteroatoms. The van der Waals surface area contributed by atoms with Gasteiger partial charge in [0.1, 0.15) is 5.82 Å². The highest BCUT2D eigenvalue weighted by molar-refractivity contribution is 7.98. The lowest BCUT2D eigenvalue weighted by Gasteiger charge is -2.06. The van der Waals surface area contributed by atoms with Crippen molar-refractivity contribution in [2.24, 2.45) is 0 Å². The summed E-state index contributed by atoms with van der Waals surface area (Å²) in [6, 6.07) is 2.22. The second kappa shape index (κ2) is 4.69. The van der Waals surface area contributed by atoms with Gasteiger partial charge in [-0.3, -0.25) is 4.79 Å². The van der Waals surface area contributed by atoms with Gasteiger partial charge in [-0.2, -0.15) is 0 Å². The highest BCUT2D eigenvalue weighted by Crippen LogP contribution is 2.24. The summed E-state index contributed by atoms with van der Waals surface area (Å²) < 4.78 is 0. The van der Waals surface area contributed by atoms with E-state index in [1.165, 1.54) is 11.8 Å². The Balaban J connectivity index is 2.18. The van der Waals surface area contributed by atoms with E-state index in [-0.39, 0.29) is 6.42 Å². The van der Waals surface area contributed by atoms with Gasteiger partial charge >= 0.3 is 5.97 Å². The number of hydrogen-bond donors (Lipinski definition) is 2. The molecule has 1 aliphatic rings. The normalized spacial score (nSPS) is 14.8. The molecule has 0 saturated heterocycles. The van der Waals surface area contributed by atoms with E-state index in [0.29, 0.717) is 16.9 Å². The molecule has 1 heterocycles. The van der Waals surface area contributed by atoms with Crippen LogP contribution in [0.2, 0.25) is 0 Å². The molecular weight excluding hydrogens is 226 g/mol. The van der Waals surface area contributed by atoms with Crippen LogP contribution in [0.5, 0.6) is 0 Å². The fraction of sp³-hybridized carbons (Fsp3) is 0.500. The number of rotatable bonds is 5. The lowest BCUT2D eigenvalue weighted by molar-refractivity contribution is -0.136. The third-order valence-corrected chi connectivity index (χ3v) is 2.75. The van der Waals surface area contributed by atoms with Crippen LogP contribution in [-0.4, -0.2) is 33.3 Å². The summed E-state index contributed by atoms with van der Waals surface area (Å²) in [5, 5.41) is 12.6. The molecule has 1 saturated carbocycles. The average molecular weight is 239 g/mol. The van der Waals surface area contributed by atoms with Gasteiger partial charge in [-0.15, -0.1) is 0 Å². The van der Waals surface area contributed by atoms with Crippen LogP contribution in [0.25, 0.3) is 0 Å². The molecule has 1 fully saturated rings. The zero-order valence-electron chi connectivity index (χ0n) is 8.93. The number of carbonyl (C=O) groups is 1. The van der Waals surface area contributed by atoms with Gasteiger partial charge in [-0.25, -0.2) is 9.97 Å². The van der Waals surface area contributed by atoms with Crippen LogP contribution in [0.3, 0.4) is 0 Å². The first-order valence-electron chi connectivity index (χ1n) is 5.07. The number of aromatic nitrogens is 2. The van der Waals surface area contributed by atoms with Gasteiger partial charge in [0.25, 0.3) is 0 Å². The van der Waals surface area contributed by atoms with E-state index in [2.05, 4.69) is 15.3 Å². The Morgan fingerprint density at radius 2 is 2.38 bits per heavy atom. The van der Waals surface area contributed by atoms with E-state index < -0.39 is 5.97 Å². The first kappa shape index (κ1) is 11.2. The second-order valence-electron chi connectivity index (χ2n) is 3.72. The fourth-order valence-electron chi connectivity index (χ4n) is 1.32. The third kappa shape index (κ3) is 3.10. The molecule has 86 valence electrons. The highest BCUT2D eigenvalue weighted by Gasteiger charge is 2.21. The zero-order chi connectivity index (χ0) is 11.5. The van der Waals surface area contributed by atoms with Gasteiger partial charge < -0.3 is 10.4 Å². The maximum atomic E-state index is 10.6. The van der Waals surface area contributed by atoms with Gasteiger partial charge in [-0.05, 0) is 19.1 Å². The lowest BCUT2D eigenvalue weighted by atomic mass is 10.3. The van der Waals surface area contributed by atoms with E-state index in [1.807, 2.05) is 6.26 Å². The van der Waals surface area contributed by atoms with Crippen LogP contribution in [0.1, 0.15) is 18.5 Å². The first-order valence-corrected chi connectivity index (χ1v) is 6.30. The maximum Gasteiger partial charge on any atom is 0.309 e. The van der Waals surface area contributed by atoms with Crippen molar-refractivity contribution in [1.29, 1.82) is 0 Å². The second-order valence-corrected chi connectivity index (χ2v) is 4.49. The number of anilines is 1. The average Bonchev–Trinajstić information content (AvgIpc) is 3.00. The predicted octanol–water partition coefficient (Wildman–Crippen LogP) is 1.40. The molecule has 2 rings (SSSR count). The standard InChI is InChI=1S/C10H13N3O2S/c1-16-10-12-7(5-9(14)15)4-8(13-10)11-6-2-3-6/h4,6H,2-3,5H2,1H3,(H,14,15)(H,11,12,13). The van der Waals surface area contributed by atoms with Crippen LogP contribution in [-0.2, 0) is 11.2 Å². The van der Waals surface area contributed by atoms with Crippen molar-refractivity contribution >= 4 is 23.5 Å². The Morgan fingerprint density at radius 3 is 2.94 bits per heavy atom. The van der Waals surface area contributed by atoms with Crippen molar-refractivity contribution in [3.8, 4) is 0 Å². The summed E-state index contributed by atoms with van der Waals surface area (Å²) in [4.78, 5) is 19.1. The van der Waals surface area contributed by atoms with Crippen molar-refractivity contribution in [3.05, 3.63) is 11.8 Å². The summed E-state index contributed by atoms with van der Waals surface area (Å²) in [6.07, 6.45) is 4.13. The highest BCUT2D eigenvalue weighted by atomic mass is 32.2. The van der Waals surface area contributed by atoms with Crippen LogP contribution in [0, 0.1) is 0 Å². The van der Waals surface area contributed by atoms with Gasteiger partial charge in [-0.1, -0.05) is 11.8 Å². The molecule has 1 aliphatic carbocycles. The smallest absolute Gasteiger partial charge is 0.309 e. The van der Waals surface area contributed by atoms with Crippen molar-refractivity contribution in [2.75, 3.05) is 11.6 Å². The molecule has 5 nitrogen and oxygen atoms in total. The number of carboxylic acid groups (broad SMARTS) is 1. The molecule has 2 N–H and O–H groups in total. The minimum atomic E-state index is -0.872. The van der Waals surface area contributed by atoms with Crippen molar-refractivity contribution in [1.82, 2.24) is 9.97 Å². The topological polar surface area (TPSA) is 75.1 Å². The lowest BCUT2D eigenvalue weighted by Crippen LogP contribution is -2.08. The van der Waals surface area contributed by atoms with E-state index in [0.717, 1.165) is 18.7 Å². The van der Waals surface area contributed by atoms with E-state index >= 15 is 0 Å². The number of aliphatic carboxylic acids is 1. The van der Waals surface area contributed by atoms with Gasteiger partial charge in [0.2, 0.25) is 0 Å². The minimum absolute atomic E-state index is 0.0601. The molecule has 0 radical (unpaired) electrons. The summed E-state index contributed by atoms with van der Waals surface area (Å²) in [5.74, 6) is -0.138. The first-order chi connectivity index (χ1) is 7.67. The van der Waals surface area contributed by atoms with Crippen molar-refractivity contribution in [3.63, 3.8) is 0 Å². The summed E-state index contributed by atoms with van der Waals surface area (Å²) in [6.45, 7) is 0. The maximum absolute atomic E-state index is 10.6. The summed E-state index contributed by atoms with van der Waals surface area (Å²) in [5.41, 5.74) is 0.551. The van der Waals surface area contributed by atoms with E-state index in [4.69, 9.17) is 5.11 Å². The quantitative estimate of drug-likeness (QED) is 0.597. The Kier molecular flexibility index (Phi) is 3.28. The van der Waals surface area contributed by atoms with E-state index in [9.17, 15) is 4.79 Å². The minimum Gasteiger partial charge on any atom is -0.481 e. The van der Waals surface area contributed by atoms with Crippen LogP contribution in [0.15, 0.2) is 11.2 Å². The molecule has 0 unspecified atom stereocenters. The largest absolute Gasteiger partial charge is 0.481 e. The van der Waals surface area contributed by atoms with E-state index in [1.54, 1.807) is 6.07 Å². The Hall–Kier alpha value is -1.30. The summed E-state index contributed by atoms with van der Waals surface area (Å²) in [7, 11) is 0. The van der Waals surface area contributed by atoms with Crippen LogP contribution < -0.4 is 5.32 Å². The molecule has 0 spiro atoms. The Bertz CT molecular complexity index is 407. The molecule has 16 heavy (non-hydrogen) atoms. The van der Waals surface area contributed by atoms with Gasteiger partial charge in [0.15, 0.2) is 5.16 Å². The Labute approximate surface area is 97.7 Å². The van der Waals surface area contributed by atoms with Crippen molar-refractivity contribution in [2.45, 2.75) is 30.5 Å². The van der Waals surface area contributed by atoms with Crippen LogP contribution >= 0.6 is 11.8 Å². The molecule has 0 aliphatic heterocycles.